The van der Waals surface area contributed by atoms with Crippen molar-refractivity contribution in [2.45, 2.75) is 38.6 Å². The number of nitrogens with one attached hydrogen (secondary N) is 2. The van der Waals surface area contributed by atoms with Gasteiger partial charge < -0.3 is 29.7 Å². The van der Waals surface area contributed by atoms with Crippen LogP contribution in [0.15, 0.2) is 72.9 Å². The van der Waals surface area contributed by atoms with Gasteiger partial charge in [0.15, 0.2) is 6.61 Å². The summed E-state index contributed by atoms with van der Waals surface area (Å²) in [6.07, 6.45) is 1.37. The Morgan fingerprint density at radius 3 is 2.76 bits per heavy atom. The third-order valence-corrected chi connectivity index (χ3v) is 8.07. The molecule has 0 unspecified atom stereocenters. The highest BCUT2D eigenvalue weighted by Gasteiger charge is 2.35. The fourth-order valence-electron chi connectivity index (χ4n) is 5.77. The topological polar surface area (TPSA) is 124 Å². The lowest BCUT2D eigenvalue weighted by Gasteiger charge is -2.39. The highest BCUT2D eigenvalue weighted by molar-refractivity contribution is 5.97. The van der Waals surface area contributed by atoms with E-state index in [2.05, 4.69) is 15.7 Å². The van der Waals surface area contributed by atoms with Crippen LogP contribution in [0.2, 0.25) is 0 Å². The van der Waals surface area contributed by atoms with Crippen molar-refractivity contribution in [2.75, 3.05) is 26.8 Å². The maximum absolute atomic E-state index is 14.7. The molecule has 6 bridgehead atoms. The number of halogens is 1. The number of hydrogen-bond acceptors (Lipinski definition) is 7. The van der Waals surface area contributed by atoms with Gasteiger partial charge in [-0.1, -0.05) is 12.1 Å². The molecule has 1 fully saturated rings. The zero-order valence-corrected chi connectivity index (χ0v) is 25.5. The van der Waals surface area contributed by atoms with E-state index in [4.69, 9.17) is 14.2 Å². The average Bonchev–Trinajstić information content (AvgIpc) is 3.55. The number of nitrogens with zero attached hydrogens (tertiary/aromatic N) is 3. The Hall–Kier alpha value is -5.39. The Kier molecular flexibility index (Phi) is 8.86. The molecule has 46 heavy (non-hydrogen) atoms. The van der Waals surface area contributed by atoms with Gasteiger partial charge in [-0.25, -0.2) is 4.39 Å². The number of carbonyl (C=O) groups is 3. The van der Waals surface area contributed by atoms with Crippen LogP contribution in [0.1, 0.15) is 39.8 Å². The molecule has 2 aliphatic rings. The van der Waals surface area contributed by atoms with E-state index in [0.717, 1.165) is 5.56 Å². The number of hydrogen-bond donors (Lipinski definition) is 2. The van der Waals surface area contributed by atoms with Gasteiger partial charge in [-0.05, 0) is 66.6 Å². The first-order valence-electron chi connectivity index (χ1n) is 15.1. The summed E-state index contributed by atoms with van der Waals surface area (Å²) in [4.78, 5) is 41.6. The monoisotopic (exact) mass is 627 g/mol. The molecule has 2 atom stereocenters. The van der Waals surface area contributed by atoms with Crippen LogP contribution in [0.3, 0.4) is 0 Å². The molecular weight excluding hydrogens is 593 g/mol. The normalized spacial score (nSPS) is 18.4. The quantitative estimate of drug-likeness (QED) is 0.354. The van der Waals surface area contributed by atoms with E-state index in [1.54, 1.807) is 71.4 Å². The highest BCUT2D eigenvalue weighted by Crippen LogP contribution is 2.33. The molecule has 238 valence electrons. The Balaban J connectivity index is 1.37. The molecule has 3 amide bonds. The number of ether oxygens (including phenoxy) is 3. The first-order valence-corrected chi connectivity index (χ1v) is 15.1. The SMILES string of the molecule is CCn1nccc1C(=O)N1CC[C@H]2Oc3cc(F)cc(c3)CNC(=O)COc3cccc(c3)-c3cc(ccc3OC)C(=O)N[C@@H]2C1. The molecule has 0 radical (unpaired) electrons. The number of benzene rings is 3. The number of amides is 3. The van der Waals surface area contributed by atoms with Crippen LogP contribution in [0.25, 0.3) is 11.1 Å². The molecule has 11 nitrogen and oxygen atoms in total. The number of fused-ring (bicyclic) bond motifs is 8. The number of methoxy groups -OCH3 is 1. The summed E-state index contributed by atoms with van der Waals surface area (Å²) in [5, 5.41) is 10.1. The largest absolute Gasteiger partial charge is 0.496 e. The molecule has 12 heteroatoms. The summed E-state index contributed by atoms with van der Waals surface area (Å²) in [5.41, 5.74) is 2.67. The molecule has 0 aliphatic carbocycles. The second-order valence-corrected chi connectivity index (χ2v) is 11.1. The summed E-state index contributed by atoms with van der Waals surface area (Å²) in [6, 6.07) is 17.5. The molecule has 3 heterocycles. The van der Waals surface area contributed by atoms with E-state index >= 15 is 0 Å². The summed E-state index contributed by atoms with van der Waals surface area (Å²) < 4.78 is 34.0. The van der Waals surface area contributed by atoms with Crippen LogP contribution in [0.5, 0.6) is 17.2 Å². The number of piperidine rings is 1. The van der Waals surface area contributed by atoms with E-state index in [-0.39, 0.29) is 43.2 Å². The van der Waals surface area contributed by atoms with Crippen LogP contribution >= 0.6 is 0 Å². The lowest BCUT2D eigenvalue weighted by atomic mass is 9.99. The van der Waals surface area contributed by atoms with E-state index in [9.17, 15) is 18.8 Å². The third-order valence-electron chi connectivity index (χ3n) is 8.07. The van der Waals surface area contributed by atoms with Gasteiger partial charge in [0.25, 0.3) is 17.7 Å². The number of likely N-dealkylation sites (tertiary alicyclic amines) is 1. The molecule has 0 spiro atoms. The predicted octanol–water partition coefficient (Wildman–Crippen LogP) is 3.82. The van der Waals surface area contributed by atoms with Crippen LogP contribution in [0, 0.1) is 5.82 Å². The van der Waals surface area contributed by atoms with Crippen LogP contribution in [-0.2, 0) is 17.9 Å². The Morgan fingerprint density at radius 2 is 1.93 bits per heavy atom. The summed E-state index contributed by atoms with van der Waals surface area (Å²) >= 11 is 0. The first kappa shape index (κ1) is 30.6. The van der Waals surface area contributed by atoms with E-state index in [0.29, 0.717) is 53.4 Å². The zero-order valence-electron chi connectivity index (χ0n) is 25.5. The van der Waals surface area contributed by atoms with Crippen LogP contribution < -0.4 is 24.8 Å². The summed E-state index contributed by atoms with van der Waals surface area (Å²) in [6.45, 7) is 2.75. The van der Waals surface area contributed by atoms with Gasteiger partial charge in [-0.2, -0.15) is 5.10 Å². The first-order chi connectivity index (χ1) is 22.3. The van der Waals surface area contributed by atoms with Crippen molar-refractivity contribution in [1.29, 1.82) is 0 Å². The molecule has 1 saturated heterocycles. The minimum atomic E-state index is -0.640. The van der Waals surface area contributed by atoms with Crippen molar-refractivity contribution < 1.29 is 33.0 Å². The van der Waals surface area contributed by atoms with Crippen molar-refractivity contribution in [3.05, 3.63) is 95.6 Å². The second-order valence-electron chi connectivity index (χ2n) is 11.1. The minimum absolute atomic E-state index is 0.0532. The summed E-state index contributed by atoms with van der Waals surface area (Å²) in [5.74, 6) is -0.270. The molecule has 0 saturated carbocycles. The predicted molar refractivity (Wildman–Crippen MR) is 166 cm³/mol. The Bertz CT molecular complexity index is 1770. The molecule has 2 N–H and O–H groups in total. The molecule has 2 aliphatic heterocycles. The maximum atomic E-state index is 14.7. The van der Waals surface area contributed by atoms with Crippen molar-refractivity contribution >= 4 is 17.7 Å². The fraction of sp³-hybridized carbons (Fsp3) is 0.294. The van der Waals surface area contributed by atoms with Gasteiger partial charge in [0.1, 0.15) is 34.9 Å². The molecular formula is C34H34FN5O6. The smallest absolute Gasteiger partial charge is 0.272 e. The van der Waals surface area contributed by atoms with E-state index in [1.807, 2.05) is 13.0 Å². The van der Waals surface area contributed by atoms with Crippen molar-refractivity contribution in [3.63, 3.8) is 0 Å². The lowest BCUT2D eigenvalue weighted by molar-refractivity contribution is -0.123. The highest BCUT2D eigenvalue weighted by atomic mass is 19.1. The Labute approximate surface area is 265 Å². The minimum Gasteiger partial charge on any atom is -0.496 e. The van der Waals surface area contributed by atoms with Crippen molar-refractivity contribution in [2.24, 2.45) is 0 Å². The molecule has 3 aromatic carbocycles. The standard InChI is InChI=1S/C34H34FN5O6/c1-3-40-29(9-11-37-40)34(43)39-12-10-31-28(19-39)38-33(42)23-7-8-30(44-2)27(16-23)22-5-4-6-25(15-22)45-20-32(41)36-18-21-13-24(35)17-26(14-21)46-31/h4-9,11,13-17,28,31H,3,10,12,18-20H2,1-2H3,(H,36,41)(H,38,42)/t28-,31-/m1/s1. The van der Waals surface area contributed by atoms with E-state index < -0.39 is 18.0 Å². The molecule has 1 aromatic heterocycles. The number of rotatable bonds is 3. The fourth-order valence-corrected chi connectivity index (χ4v) is 5.77. The number of aryl methyl sites for hydroxylation is 1. The Morgan fingerprint density at radius 1 is 1.07 bits per heavy atom. The lowest BCUT2D eigenvalue weighted by Crippen LogP contribution is -2.58. The van der Waals surface area contributed by atoms with Crippen LogP contribution in [0.4, 0.5) is 4.39 Å². The number of carbonyl (C=O) groups excluding carboxylic acids is 3. The van der Waals surface area contributed by atoms with Gasteiger partial charge in [0.2, 0.25) is 0 Å². The zero-order chi connectivity index (χ0) is 32.2. The van der Waals surface area contributed by atoms with Gasteiger partial charge in [0.05, 0.1) is 13.2 Å². The van der Waals surface area contributed by atoms with Crippen LogP contribution in [-0.4, -0.2) is 71.4 Å². The van der Waals surface area contributed by atoms with Crippen molar-refractivity contribution in [3.8, 4) is 28.4 Å². The molecule has 6 rings (SSSR count). The second kappa shape index (κ2) is 13.3. The average molecular weight is 628 g/mol. The molecule has 4 aromatic rings. The van der Waals surface area contributed by atoms with Gasteiger partial charge in [-0.15, -0.1) is 0 Å². The van der Waals surface area contributed by atoms with Gasteiger partial charge >= 0.3 is 0 Å². The van der Waals surface area contributed by atoms with Gasteiger partial charge in [0, 0.05) is 56.0 Å². The number of aromatic nitrogens is 2. The van der Waals surface area contributed by atoms with Gasteiger partial charge in [-0.3, -0.25) is 19.1 Å². The summed E-state index contributed by atoms with van der Waals surface area (Å²) in [7, 11) is 1.54. The third kappa shape index (κ3) is 6.65. The van der Waals surface area contributed by atoms with Crippen molar-refractivity contribution in [1.82, 2.24) is 25.3 Å². The maximum Gasteiger partial charge on any atom is 0.272 e. The van der Waals surface area contributed by atoms with E-state index in [1.165, 1.54) is 12.1 Å².